The molecule has 4 rings (SSSR count). The monoisotopic (exact) mass is 420 g/mol. The van der Waals surface area contributed by atoms with Crippen LogP contribution in [0.1, 0.15) is 24.0 Å². The molecule has 31 heavy (non-hydrogen) atoms. The van der Waals surface area contributed by atoms with E-state index in [0.717, 1.165) is 31.5 Å². The topological polar surface area (TPSA) is 73.0 Å². The van der Waals surface area contributed by atoms with E-state index in [1.54, 1.807) is 17.0 Å². The maximum absolute atomic E-state index is 12.9. The van der Waals surface area contributed by atoms with E-state index in [1.807, 2.05) is 49.4 Å². The average molecular weight is 421 g/mol. The molecule has 2 aliphatic heterocycles. The molecule has 0 saturated carbocycles. The second kappa shape index (κ2) is 9.31. The SMILES string of the molecule is Cc1ccc(CNC(=O)CN2CCC(N3CC(=O)N(c4ccccc4)C3=O)CC2)cc1. The molecular weight excluding hydrogens is 392 g/mol. The number of likely N-dealkylation sites (tertiary alicyclic amines) is 1. The Labute approximate surface area is 182 Å². The fourth-order valence-corrected chi connectivity index (χ4v) is 4.19. The minimum Gasteiger partial charge on any atom is -0.351 e. The molecule has 4 amide bonds. The van der Waals surface area contributed by atoms with Gasteiger partial charge in [-0.1, -0.05) is 48.0 Å². The van der Waals surface area contributed by atoms with Crippen molar-refractivity contribution in [2.24, 2.45) is 0 Å². The second-order valence-electron chi connectivity index (χ2n) is 8.24. The zero-order valence-corrected chi connectivity index (χ0v) is 17.8. The van der Waals surface area contributed by atoms with Crippen LogP contribution in [0.3, 0.4) is 0 Å². The largest absolute Gasteiger partial charge is 0.351 e. The minimum absolute atomic E-state index is 0.00158. The number of benzene rings is 2. The smallest absolute Gasteiger partial charge is 0.332 e. The Morgan fingerprint density at radius 1 is 1.00 bits per heavy atom. The van der Waals surface area contributed by atoms with Crippen LogP contribution in [-0.2, 0) is 16.1 Å². The molecule has 0 bridgehead atoms. The summed E-state index contributed by atoms with van der Waals surface area (Å²) in [6.45, 7) is 4.49. The number of aryl methyl sites for hydroxylation is 1. The van der Waals surface area contributed by atoms with E-state index < -0.39 is 0 Å². The number of piperidine rings is 1. The van der Waals surface area contributed by atoms with Gasteiger partial charge in [-0.2, -0.15) is 0 Å². The molecule has 2 aromatic carbocycles. The summed E-state index contributed by atoms with van der Waals surface area (Å²) in [5.41, 5.74) is 2.89. The molecule has 162 valence electrons. The quantitative estimate of drug-likeness (QED) is 0.729. The van der Waals surface area contributed by atoms with E-state index in [9.17, 15) is 14.4 Å². The van der Waals surface area contributed by atoms with Gasteiger partial charge in [-0.3, -0.25) is 14.5 Å². The van der Waals surface area contributed by atoms with E-state index in [2.05, 4.69) is 10.2 Å². The van der Waals surface area contributed by atoms with Crippen molar-refractivity contribution in [3.05, 3.63) is 65.7 Å². The first kappa shape index (κ1) is 21.1. The Morgan fingerprint density at radius 2 is 1.68 bits per heavy atom. The number of urea groups is 1. The predicted octanol–water partition coefficient (Wildman–Crippen LogP) is 2.54. The number of carbonyl (C=O) groups is 3. The number of amides is 4. The van der Waals surface area contributed by atoms with Crippen molar-refractivity contribution in [1.29, 1.82) is 0 Å². The molecule has 0 spiro atoms. The van der Waals surface area contributed by atoms with Crippen LogP contribution in [0, 0.1) is 6.92 Å². The van der Waals surface area contributed by atoms with E-state index in [0.29, 0.717) is 18.8 Å². The number of imide groups is 1. The fraction of sp³-hybridized carbons (Fsp3) is 0.375. The summed E-state index contributed by atoms with van der Waals surface area (Å²) in [4.78, 5) is 42.7. The van der Waals surface area contributed by atoms with E-state index in [4.69, 9.17) is 0 Å². The summed E-state index contributed by atoms with van der Waals surface area (Å²) in [5, 5.41) is 2.97. The molecule has 0 aliphatic carbocycles. The molecule has 7 nitrogen and oxygen atoms in total. The van der Waals surface area contributed by atoms with E-state index in [-0.39, 0.29) is 30.4 Å². The standard InChI is InChI=1S/C24H28N4O3/c1-18-7-9-19(10-8-18)15-25-22(29)16-26-13-11-20(12-14-26)27-17-23(30)28(24(27)31)21-5-3-2-4-6-21/h2-10,20H,11-17H2,1H3,(H,25,29). The molecule has 1 N–H and O–H groups in total. The molecule has 2 heterocycles. The van der Waals surface area contributed by atoms with Crippen molar-refractivity contribution in [2.45, 2.75) is 32.4 Å². The van der Waals surface area contributed by atoms with Gasteiger partial charge in [-0.05, 0) is 37.5 Å². The highest BCUT2D eigenvalue weighted by atomic mass is 16.2. The van der Waals surface area contributed by atoms with Crippen LogP contribution in [0.4, 0.5) is 10.5 Å². The van der Waals surface area contributed by atoms with E-state index in [1.165, 1.54) is 10.5 Å². The van der Waals surface area contributed by atoms with Gasteiger partial charge in [-0.25, -0.2) is 9.69 Å². The van der Waals surface area contributed by atoms with E-state index >= 15 is 0 Å². The Kier molecular flexibility index (Phi) is 6.32. The molecule has 2 aliphatic rings. The Morgan fingerprint density at radius 3 is 2.35 bits per heavy atom. The summed E-state index contributed by atoms with van der Waals surface area (Å²) in [7, 11) is 0. The molecule has 0 atom stereocenters. The van der Waals surface area contributed by atoms with Crippen LogP contribution in [0.5, 0.6) is 0 Å². The summed E-state index contributed by atoms with van der Waals surface area (Å²) in [6, 6.07) is 16.9. The first-order valence-corrected chi connectivity index (χ1v) is 10.7. The van der Waals surface area contributed by atoms with Crippen LogP contribution in [0.25, 0.3) is 0 Å². The second-order valence-corrected chi connectivity index (χ2v) is 8.24. The van der Waals surface area contributed by atoms with Crippen LogP contribution in [0.2, 0.25) is 0 Å². The lowest BCUT2D eigenvalue weighted by Crippen LogP contribution is -2.48. The van der Waals surface area contributed by atoms with Crippen molar-refractivity contribution in [3.63, 3.8) is 0 Å². The maximum atomic E-state index is 12.9. The van der Waals surface area contributed by atoms with Crippen molar-refractivity contribution >= 4 is 23.5 Å². The summed E-state index contributed by atoms with van der Waals surface area (Å²) >= 11 is 0. The van der Waals surface area contributed by atoms with Crippen molar-refractivity contribution < 1.29 is 14.4 Å². The van der Waals surface area contributed by atoms with Gasteiger partial charge in [0.05, 0.1) is 12.2 Å². The highest BCUT2D eigenvalue weighted by molar-refractivity contribution is 6.19. The van der Waals surface area contributed by atoms with Gasteiger partial charge < -0.3 is 10.2 Å². The molecule has 0 radical (unpaired) electrons. The molecule has 2 aromatic rings. The highest BCUT2D eigenvalue weighted by Crippen LogP contribution is 2.26. The number of nitrogens with zero attached hydrogens (tertiary/aromatic N) is 3. The van der Waals surface area contributed by atoms with Crippen molar-refractivity contribution in [1.82, 2.24) is 15.1 Å². The lowest BCUT2D eigenvalue weighted by atomic mass is 10.0. The summed E-state index contributed by atoms with van der Waals surface area (Å²) < 4.78 is 0. The Bertz CT molecular complexity index is 937. The minimum atomic E-state index is -0.245. The summed E-state index contributed by atoms with van der Waals surface area (Å²) in [5.74, 6) is -0.184. The number of rotatable bonds is 6. The molecular formula is C24H28N4O3. The number of hydrogen-bond donors (Lipinski definition) is 1. The number of anilines is 1. The number of hydrogen-bond acceptors (Lipinski definition) is 4. The third kappa shape index (κ3) is 4.94. The first-order valence-electron chi connectivity index (χ1n) is 10.7. The maximum Gasteiger partial charge on any atom is 0.332 e. The highest BCUT2D eigenvalue weighted by Gasteiger charge is 2.41. The van der Waals surface area contributed by atoms with Gasteiger partial charge in [0.2, 0.25) is 5.91 Å². The lowest BCUT2D eigenvalue weighted by Gasteiger charge is -2.35. The Balaban J connectivity index is 1.25. The van der Waals surface area contributed by atoms with Gasteiger partial charge >= 0.3 is 6.03 Å². The third-order valence-electron chi connectivity index (χ3n) is 5.98. The normalized spacial score (nSPS) is 18.0. The fourth-order valence-electron chi connectivity index (χ4n) is 4.19. The van der Waals surface area contributed by atoms with Gasteiger partial charge in [0.15, 0.2) is 0 Å². The lowest BCUT2D eigenvalue weighted by molar-refractivity contribution is -0.122. The van der Waals surface area contributed by atoms with Crippen molar-refractivity contribution in [2.75, 3.05) is 31.1 Å². The zero-order valence-electron chi connectivity index (χ0n) is 17.8. The van der Waals surface area contributed by atoms with Crippen LogP contribution in [-0.4, -0.2) is 59.9 Å². The van der Waals surface area contributed by atoms with Gasteiger partial charge in [0.1, 0.15) is 6.54 Å². The predicted molar refractivity (Wildman–Crippen MR) is 119 cm³/mol. The van der Waals surface area contributed by atoms with Gasteiger partial charge in [0, 0.05) is 25.7 Å². The first-order chi connectivity index (χ1) is 15.0. The Hall–Kier alpha value is -3.19. The van der Waals surface area contributed by atoms with Crippen molar-refractivity contribution in [3.8, 4) is 0 Å². The molecule has 2 saturated heterocycles. The van der Waals surface area contributed by atoms with Gasteiger partial charge in [0.25, 0.3) is 5.91 Å². The third-order valence-corrected chi connectivity index (χ3v) is 5.98. The van der Waals surface area contributed by atoms with Crippen LogP contribution < -0.4 is 10.2 Å². The summed E-state index contributed by atoms with van der Waals surface area (Å²) in [6.07, 6.45) is 1.51. The number of carbonyl (C=O) groups excluding carboxylic acids is 3. The zero-order chi connectivity index (χ0) is 21.8. The number of para-hydroxylation sites is 1. The molecule has 2 fully saturated rings. The molecule has 0 unspecified atom stereocenters. The van der Waals surface area contributed by atoms with Gasteiger partial charge in [-0.15, -0.1) is 0 Å². The number of nitrogens with one attached hydrogen (secondary N) is 1. The average Bonchev–Trinajstić information content (AvgIpc) is 3.08. The van der Waals surface area contributed by atoms with Crippen LogP contribution in [0.15, 0.2) is 54.6 Å². The van der Waals surface area contributed by atoms with Crippen LogP contribution >= 0.6 is 0 Å². The molecule has 0 aromatic heterocycles. The molecule has 7 heteroatoms.